The summed E-state index contributed by atoms with van der Waals surface area (Å²) in [6.45, 7) is 1.95. The van der Waals surface area contributed by atoms with Crippen LogP contribution in [0.5, 0.6) is 0 Å². The minimum absolute atomic E-state index is 0.184. The lowest BCUT2D eigenvalue weighted by Crippen LogP contribution is -2.29. The Morgan fingerprint density at radius 3 is 2.39 bits per heavy atom. The van der Waals surface area contributed by atoms with E-state index in [2.05, 4.69) is 15.4 Å². The molecule has 178 valence electrons. The number of fused-ring (bicyclic) bond motifs is 1. The molecule has 1 atom stereocenters. The summed E-state index contributed by atoms with van der Waals surface area (Å²) in [4.78, 5) is 32.2. The van der Waals surface area contributed by atoms with Gasteiger partial charge in [0.25, 0.3) is 11.8 Å². The molecule has 2 amide bonds. The molecule has 7 nitrogen and oxygen atoms in total. The highest BCUT2D eigenvalue weighted by Gasteiger charge is 2.24. The van der Waals surface area contributed by atoms with Crippen LogP contribution in [0.25, 0.3) is 16.9 Å². The highest BCUT2D eigenvalue weighted by Crippen LogP contribution is 2.26. The fourth-order valence-electron chi connectivity index (χ4n) is 4.13. The van der Waals surface area contributed by atoms with E-state index >= 15 is 0 Å². The van der Waals surface area contributed by atoms with E-state index in [0.717, 1.165) is 16.8 Å². The molecule has 0 bridgehead atoms. The smallest absolute Gasteiger partial charge is 0.259 e. The number of rotatable bonds is 6. The molecule has 0 saturated heterocycles. The number of hydrogen-bond acceptors (Lipinski definition) is 4. The van der Waals surface area contributed by atoms with Crippen molar-refractivity contribution in [1.29, 1.82) is 0 Å². The van der Waals surface area contributed by atoms with Gasteiger partial charge in [-0.2, -0.15) is 5.10 Å². The first kappa shape index (κ1) is 23.0. The summed E-state index contributed by atoms with van der Waals surface area (Å²) in [6.07, 6.45) is 3.26. The number of aromatic nitrogens is 3. The van der Waals surface area contributed by atoms with Gasteiger partial charge in [-0.1, -0.05) is 60.7 Å². The molecule has 0 fully saturated rings. The Labute approximate surface area is 209 Å². The van der Waals surface area contributed by atoms with Crippen LogP contribution in [0.1, 0.15) is 39.2 Å². The fourth-order valence-corrected chi connectivity index (χ4v) is 4.13. The van der Waals surface area contributed by atoms with Gasteiger partial charge in [0.2, 0.25) is 0 Å². The maximum absolute atomic E-state index is 13.5. The van der Waals surface area contributed by atoms with Gasteiger partial charge in [0.05, 0.1) is 17.9 Å². The average molecular weight is 476 g/mol. The van der Waals surface area contributed by atoms with Gasteiger partial charge in [0, 0.05) is 30.1 Å². The zero-order valence-electron chi connectivity index (χ0n) is 20.0. The van der Waals surface area contributed by atoms with Crippen LogP contribution in [0.15, 0.2) is 103 Å². The number of benzene rings is 3. The third-order valence-electron chi connectivity index (χ3n) is 6.27. The Balaban J connectivity index is 1.38. The van der Waals surface area contributed by atoms with Gasteiger partial charge in [0.1, 0.15) is 5.56 Å². The molecule has 1 N–H and O–H groups in total. The summed E-state index contributed by atoms with van der Waals surface area (Å²) < 4.78 is 1.70. The van der Waals surface area contributed by atoms with Gasteiger partial charge in [-0.3, -0.25) is 9.59 Å². The van der Waals surface area contributed by atoms with E-state index < -0.39 is 0 Å². The average Bonchev–Trinajstić information content (AvgIpc) is 3.37. The largest absolute Gasteiger partial charge is 0.335 e. The first-order valence-corrected chi connectivity index (χ1v) is 11.6. The molecule has 0 aliphatic carbocycles. The van der Waals surface area contributed by atoms with Crippen molar-refractivity contribution >= 4 is 23.1 Å². The number of anilines is 1. The highest BCUT2D eigenvalue weighted by atomic mass is 16.2. The number of hydrogen-bond donors (Lipinski definition) is 1. The SMILES string of the molecule is CC(c1cccc(NC(=O)c2ccccc2)c1)N(C)C(=O)c1cnn2c(-c3ccccc3)ccnc12. The molecular weight excluding hydrogens is 450 g/mol. The Bertz CT molecular complexity index is 1530. The van der Waals surface area contributed by atoms with E-state index in [1.165, 1.54) is 0 Å². The van der Waals surface area contributed by atoms with Crippen LogP contribution in [-0.4, -0.2) is 38.4 Å². The molecule has 7 heteroatoms. The molecule has 0 radical (unpaired) electrons. The van der Waals surface area contributed by atoms with Crippen molar-refractivity contribution in [1.82, 2.24) is 19.5 Å². The van der Waals surface area contributed by atoms with E-state index in [4.69, 9.17) is 0 Å². The maximum atomic E-state index is 13.5. The predicted molar refractivity (Wildman–Crippen MR) is 140 cm³/mol. The van der Waals surface area contributed by atoms with Gasteiger partial charge in [-0.05, 0) is 42.8 Å². The Kier molecular flexibility index (Phi) is 6.28. The van der Waals surface area contributed by atoms with Crippen LogP contribution in [0.2, 0.25) is 0 Å². The molecule has 0 aliphatic rings. The summed E-state index contributed by atoms with van der Waals surface area (Å²) in [6, 6.07) is 28.1. The van der Waals surface area contributed by atoms with Crippen LogP contribution >= 0.6 is 0 Å². The van der Waals surface area contributed by atoms with Gasteiger partial charge in [0.15, 0.2) is 5.65 Å². The summed E-state index contributed by atoms with van der Waals surface area (Å²) >= 11 is 0. The predicted octanol–water partition coefficient (Wildman–Crippen LogP) is 5.48. The second-order valence-electron chi connectivity index (χ2n) is 8.53. The van der Waals surface area contributed by atoms with Crippen molar-refractivity contribution in [2.75, 3.05) is 12.4 Å². The van der Waals surface area contributed by atoms with Crippen molar-refractivity contribution < 1.29 is 9.59 Å². The third-order valence-corrected chi connectivity index (χ3v) is 6.27. The lowest BCUT2D eigenvalue weighted by Gasteiger charge is -2.25. The van der Waals surface area contributed by atoms with Gasteiger partial charge in [-0.25, -0.2) is 9.50 Å². The molecule has 0 spiro atoms. The molecule has 3 aromatic carbocycles. The van der Waals surface area contributed by atoms with Gasteiger partial charge in [-0.15, -0.1) is 0 Å². The first-order chi connectivity index (χ1) is 17.5. The number of amides is 2. The minimum atomic E-state index is -0.252. The summed E-state index contributed by atoms with van der Waals surface area (Å²) in [5.41, 5.74) is 4.92. The Morgan fingerprint density at radius 1 is 0.917 bits per heavy atom. The monoisotopic (exact) mass is 475 g/mol. The number of carbonyl (C=O) groups is 2. The molecule has 2 heterocycles. The molecule has 5 aromatic rings. The van der Waals surface area contributed by atoms with E-state index in [9.17, 15) is 9.59 Å². The molecule has 2 aromatic heterocycles. The maximum Gasteiger partial charge on any atom is 0.259 e. The third kappa shape index (κ3) is 4.46. The van der Waals surface area contributed by atoms with Crippen molar-refractivity contribution in [3.05, 3.63) is 120 Å². The van der Waals surface area contributed by atoms with Crippen LogP contribution < -0.4 is 5.32 Å². The molecule has 0 saturated carbocycles. The topological polar surface area (TPSA) is 79.6 Å². The Hall–Kier alpha value is -4.78. The second-order valence-corrected chi connectivity index (χ2v) is 8.53. The van der Waals surface area contributed by atoms with Crippen molar-refractivity contribution in [3.63, 3.8) is 0 Å². The van der Waals surface area contributed by atoms with Gasteiger partial charge < -0.3 is 10.2 Å². The standard InChI is InChI=1S/C29H25N5O2/c1-20(23-14-9-15-24(18-23)32-28(35)22-12-7-4-8-13-22)33(2)29(36)25-19-31-34-26(16-17-30-27(25)34)21-10-5-3-6-11-21/h3-20H,1-2H3,(H,32,35). The second kappa shape index (κ2) is 9.84. The zero-order valence-corrected chi connectivity index (χ0v) is 20.0. The molecule has 0 aliphatic heterocycles. The number of nitrogens with one attached hydrogen (secondary N) is 1. The molecule has 5 rings (SSSR count). The van der Waals surface area contributed by atoms with Gasteiger partial charge >= 0.3 is 0 Å². The number of nitrogens with zero attached hydrogens (tertiary/aromatic N) is 4. The molecule has 36 heavy (non-hydrogen) atoms. The van der Waals surface area contributed by atoms with Crippen LogP contribution in [0, 0.1) is 0 Å². The van der Waals surface area contributed by atoms with E-state index in [-0.39, 0.29) is 17.9 Å². The summed E-state index contributed by atoms with van der Waals surface area (Å²) in [5, 5.41) is 7.39. The molecular formula is C29H25N5O2. The first-order valence-electron chi connectivity index (χ1n) is 11.6. The summed E-state index contributed by atoms with van der Waals surface area (Å²) in [7, 11) is 1.76. The summed E-state index contributed by atoms with van der Waals surface area (Å²) in [5.74, 6) is -0.370. The van der Waals surface area contributed by atoms with Crippen molar-refractivity contribution in [3.8, 4) is 11.3 Å². The highest BCUT2D eigenvalue weighted by molar-refractivity contribution is 6.04. The van der Waals surface area contributed by atoms with E-state index in [0.29, 0.717) is 22.5 Å². The van der Waals surface area contributed by atoms with E-state index in [1.54, 1.807) is 41.0 Å². The van der Waals surface area contributed by atoms with E-state index in [1.807, 2.05) is 85.8 Å². The molecule has 1 unspecified atom stereocenters. The van der Waals surface area contributed by atoms with Crippen LogP contribution in [0.4, 0.5) is 5.69 Å². The fraction of sp³-hybridized carbons (Fsp3) is 0.103. The lowest BCUT2D eigenvalue weighted by molar-refractivity contribution is 0.0744. The van der Waals surface area contributed by atoms with Crippen LogP contribution in [0.3, 0.4) is 0 Å². The minimum Gasteiger partial charge on any atom is -0.335 e. The van der Waals surface area contributed by atoms with Crippen molar-refractivity contribution in [2.24, 2.45) is 0 Å². The zero-order chi connectivity index (χ0) is 25.1. The lowest BCUT2D eigenvalue weighted by atomic mass is 10.1. The van der Waals surface area contributed by atoms with Crippen molar-refractivity contribution in [2.45, 2.75) is 13.0 Å². The quantitative estimate of drug-likeness (QED) is 0.353. The number of carbonyl (C=O) groups excluding carboxylic acids is 2. The van der Waals surface area contributed by atoms with Crippen LogP contribution in [-0.2, 0) is 0 Å². The normalized spacial score (nSPS) is 11.7. The Morgan fingerprint density at radius 2 is 1.64 bits per heavy atom.